The van der Waals surface area contributed by atoms with Crippen molar-refractivity contribution in [3.05, 3.63) is 23.8 Å². The maximum Gasteiger partial charge on any atom is 0.387 e. The van der Waals surface area contributed by atoms with Gasteiger partial charge in [-0.2, -0.15) is 8.78 Å². The van der Waals surface area contributed by atoms with Crippen LogP contribution in [0.15, 0.2) is 18.2 Å². The summed E-state index contributed by atoms with van der Waals surface area (Å²) in [5.74, 6) is -0.0226. The third-order valence-electron chi connectivity index (χ3n) is 5.13. The first kappa shape index (κ1) is 24.3. The molecule has 0 saturated carbocycles. The highest BCUT2D eigenvalue weighted by Gasteiger charge is 2.30. The molecule has 0 aromatic heterocycles. The SMILES string of the molecule is CCCCS(=O)(=O)N1CCC(C(=O)NCCc2ccc(OC)c(OC(F)F)c2)CC1. The molecule has 1 aromatic rings. The van der Waals surface area contributed by atoms with Crippen LogP contribution >= 0.6 is 0 Å². The highest BCUT2D eigenvalue weighted by Crippen LogP contribution is 2.29. The number of nitrogens with one attached hydrogen (secondary N) is 1. The summed E-state index contributed by atoms with van der Waals surface area (Å²) < 4.78 is 60.5. The molecule has 1 aliphatic heterocycles. The van der Waals surface area contributed by atoms with Crippen LogP contribution in [0.2, 0.25) is 0 Å². The van der Waals surface area contributed by atoms with Crippen LogP contribution in [0.4, 0.5) is 8.78 Å². The summed E-state index contributed by atoms with van der Waals surface area (Å²) in [5.41, 5.74) is 0.726. The number of unbranched alkanes of at least 4 members (excludes halogenated alkanes) is 1. The first-order valence-corrected chi connectivity index (χ1v) is 11.7. The van der Waals surface area contributed by atoms with Gasteiger partial charge in [-0.25, -0.2) is 12.7 Å². The Morgan fingerprint density at radius 1 is 1.27 bits per heavy atom. The van der Waals surface area contributed by atoms with E-state index in [2.05, 4.69) is 10.1 Å². The fraction of sp³-hybridized carbons (Fsp3) is 0.650. The second-order valence-corrected chi connectivity index (χ2v) is 9.34. The lowest BCUT2D eigenvalue weighted by atomic mass is 9.97. The van der Waals surface area contributed by atoms with Gasteiger partial charge in [-0.05, 0) is 43.4 Å². The summed E-state index contributed by atoms with van der Waals surface area (Å²) in [5, 5.41) is 2.85. The number of sulfonamides is 1. The smallest absolute Gasteiger partial charge is 0.387 e. The van der Waals surface area contributed by atoms with Crippen molar-refractivity contribution < 1.29 is 31.5 Å². The van der Waals surface area contributed by atoms with Gasteiger partial charge in [0.25, 0.3) is 0 Å². The van der Waals surface area contributed by atoms with Crippen LogP contribution in [0.3, 0.4) is 0 Å². The van der Waals surface area contributed by atoms with E-state index in [4.69, 9.17) is 4.74 Å². The molecule has 1 aromatic carbocycles. The summed E-state index contributed by atoms with van der Waals surface area (Å²) in [6.45, 7) is 0.0536. The molecule has 2 rings (SSSR count). The molecule has 0 atom stereocenters. The van der Waals surface area contributed by atoms with E-state index in [0.29, 0.717) is 45.3 Å². The number of carbonyl (C=O) groups is 1. The predicted octanol–water partition coefficient (Wildman–Crippen LogP) is 2.80. The minimum absolute atomic E-state index is 0.0482. The van der Waals surface area contributed by atoms with Gasteiger partial charge in [0.05, 0.1) is 12.9 Å². The first-order valence-electron chi connectivity index (χ1n) is 10.1. The van der Waals surface area contributed by atoms with Gasteiger partial charge in [-0.3, -0.25) is 4.79 Å². The average Bonchev–Trinajstić information content (AvgIpc) is 2.72. The fourth-order valence-electron chi connectivity index (χ4n) is 3.39. The number of halogens is 2. The predicted molar refractivity (Wildman–Crippen MR) is 109 cm³/mol. The monoisotopic (exact) mass is 448 g/mol. The molecule has 0 radical (unpaired) electrons. The summed E-state index contributed by atoms with van der Waals surface area (Å²) in [6.07, 6.45) is 2.89. The Morgan fingerprint density at radius 2 is 1.97 bits per heavy atom. The normalized spacial score (nSPS) is 15.9. The summed E-state index contributed by atoms with van der Waals surface area (Å²) in [7, 11) is -1.87. The van der Waals surface area contributed by atoms with Gasteiger partial charge in [0.15, 0.2) is 11.5 Å². The Morgan fingerprint density at radius 3 is 2.57 bits per heavy atom. The zero-order valence-corrected chi connectivity index (χ0v) is 18.2. The average molecular weight is 449 g/mol. The van der Waals surface area contributed by atoms with Crippen LogP contribution in [0.5, 0.6) is 11.5 Å². The van der Waals surface area contributed by atoms with Crippen LogP contribution in [0.1, 0.15) is 38.2 Å². The molecular weight excluding hydrogens is 418 g/mol. The Bertz CT molecular complexity index is 796. The zero-order chi connectivity index (χ0) is 22.1. The Balaban J connectivity index is 1.80. The topological polar surface area (TPSA) is 84.9 Å². The van der Waals surface area contributed by atoms with Crippen LogP contribution in [-0.2, 0) is 21.2 Å². The molecule has 1 heterocycles. The van der Waals surface area contributed by atoms with E-state index in [1.807, 2.05) is 6.92 Å². The molecule has 1 aliphatic rings. The second-order valence-electron chi connectivity index (χ2n) is 7.25. The Kier molecular flexibility index (Phi) is 9.29. The van der Waals surface area contributed by atoms with Crippen LogP contribution in [0.25, 0.3) is 0 Å². The summed E-state index contributed by atoms with van der Waals surface area (Å²) >= 11 is 0. The number of methoxy groups -OCH3 is 1. The van der Waals surface area contributed by atoms with E-state index in [1.54, 1.807) is 12.1 Å². The van der Waals surface area contributed by atoms with Crippen LogP contribution < -0.4 is 14.8 Å². The lowest BCUT2D eigenvalue weighted by molar-refractivity contribution is -0.126. The number of carbonyl (C=O) groups excluding carboxylic acids is 1. The largest absolute Gasteiger partial charge is 0.493 e. The number of amides is 1. The first-order chi connectivity index (χ1) is 14.3. The fourth-order valence-corrected chi connectivity index (χ4v) is 5.07. The van der Waals surface area contributed by atoms with Gasteiger partial charge >= 0.3 is 6.61 Å². The number of benzene rings is 1. The van der Waals surface area contributed by atoms with Gasteiger partial charge in [-0.15, -0.1) is 0 Å². The van der Waals surface area contributed by atoms with Crippen molar-refractivity contribution in [2.75, 3.05) is 32.5 Å². The quantitative estimate of drug-likeness (QED) is 0.563. The molecule has 1 amide bonds. The van der Waals surface area contributed by atoms with Gasteiger partial charge < -0.3 is 14.8 Å². The van der Waals surface area contributed by atoms with Gasteiger partial charge in [-0.1, -0.05) is 19.4 Å². The molecule has 30 heavy (non-hydrogen) atoms. The molecule has 0 unspecified atom stereocenters. The van der Waals surface area contributed by atoms with E-state index in [1.165, 1.54) is 17.5 Å². The molecule has 0 bridgehead atoms. The Labute approximate surface area is 176 Å². The molecule has 1 N–H and O–H groups in total. The van der Waals surface area contributed by atoms with Crippen molar-refractivity contribution >= 4 is 15.9 Å². The molecule has 7 nitrogen and oxygen atoms in total. The highest BCUT2D eigenvalue weighted by atomic mass is 32.2. The molecule has 170 valence electrons. The number of hydrogen-bond donors (Lipinski definition) is 1. The van der Waals surface area contributed by atoms with Crippen molar-refractivity contribution in [2.24, 2.45) is 5.92 Å². The molecule has 0 aliphatic carbocycles. The van der Waals surface area contributed by atoms with Crippen LogP contribution in [-0.4, -0.2) is 57.7 Å². The Hall–Kier alpha value is -1.94. The minimum Gasteiger partial charge on any atom is -0.493 e. The third-order valence-corrected chi connectivity index (χ3v) is 7.09. The molecule has 1 saturated heterocycles. The minimum atomic E-state index is -3.24. The molecule has 10 heteroatoms. The van der Waals surface area contributed by atoms with Crippen molar-refractivity contribution in [2.45, 2.75) is 45.6 Å². The van der Waals surface area contributed by atoms with E-state index in [9.17, 15) is 22.0 Å². The van der Waals surface area contributed by atoms with E-state index in [0.717, 1.165) is 12.0 Å². The van der Waals surface area contributed by atoms with E-state index in [-0.39, 0.29) is 29.1 Å². The zero-order valence-electron chi connectivity index (χ0n) is 17.4. The van der Waals surface area contributed by atoms with Crippen LogP contribution in [0, 0.1) is 5.92 Å². The number of nitrogens with zero attached hydrogens (tertiary/aromatic N) is 1. The van der Waals surface area contributed by atoms with E-state index >= 15 is 0 Å². The standard InChI is InChI=1S/C20H30F2N2O5S/c1-3-4-13-30(26,27)24-11-8-16(9-12-24)19(25)23-10-7-15-5-6-17(28-2)18(14-15)29-20(21)22/h5-6,14,16,20H,3-4,7-13H2,1-2H3,(H,23,25). The highest BCUT2D eigenvalue weighted by molar-refractivity contribution is 7.89. The molecule has 0 spiro atoms. The number of alkyl halides is 2. The van der Waals surface area contributed by atoms with E-state index < -0.39 is 16.6 Å². The summed E-state index contributed by atoms with van der Waals surface area (Å²) in [6, 6.07) is 4.74. The van der Waals surface area contributed by atoms with Crippen molar-refractivity contribution in [1.82, 2.24) is 9.62 Å². The second kappa shape index (κ2) is 11.5. The molecule has 1 fully saturated rings. The van der Waals surface area contributed by atoms with Gasteiger partial charge in [0.2, 0.25) is 15.9 Å². The summed E-state index contributed by atoms with van der Waals surface area (Å²) in [4.78, 5) is 12.4. The van der Waals surface area contributed by atoms with Gasteiger partial charge in [0, 0.05) is 25.6 Å². The van der Waals surface area contributed by atoms with Crippen molar-refractivity contribution in [3.8, 4) is 11.5 Å². The molecular formula is C20H30F2N2O5S. The van der Waals surface area contributed by atoms with Gasteiger partial charge in [0.1, 0.15) is 0 Å². The third kappa shape index (κ3) is 7.09. The lowest BCUT2D eigenvalue weighted by Gasteiger charge is -2.30. The number of rotatable bonds is 11. The number of piperidine rings is 1. The number of hydrogen-bond acceptors (Lipinski definition) is 5. The van der Waals surface area contributed by atoms with Crippen molar-refractivity contribution in [1.29, 1.82) is 0 Å². The maximum absolute atomic E-state index is 12.5. The maximum atomic E-state index is 12.5. The lowest BCUT2D eigenvalue weighted by Crippen LogP contribution is -2.44. The number of ether oxygens (including phenoxy) is 2. The van der Waals surface area contributed by atoms with Crippen molar-refractivity contribution in [3.63, 3.8) is 0 Å².